The molecule has 3 aromatic rings. The standard InChI is InChI=1S/C22H23N3O3/c1-14-18(22(27)23-17-8-5-4-6-9-17)10-7-11-20(14)24-21(26)13-12-19-15(2)25-28-16(19)3/h4-11H,12-13H2,1-3H3,(H,23,27)(H,24,26). The molecule has 28 heavy (non-hydrogen) atoms. The van der Waals surface area contributed by atoms with Crippen LogP contribution in [0.25, 0.3) is 0 Å². The smallest absolute Gasteiger partial charge is 0.256 e. The molecule has 1 aromatic heterocycles. The van der Waals surface area contributed by atoms with Gasteiger partial charge in [0.15, 0.2) is 0 Å². The van der Waals surface area contributed by atoms with Gasteiger partial charge < -0.3 is 15.2 Å². The molecule has 6 heteroatoms. The van der Waals surface area contributed by atoms with Gasteiger partial charge in [0.2, 0.25) is 5.91 Å². The fourth-order valence-corrected chi connectivity index (χ4v) is 3.05. The maximum Gasteiger partial charge on any atom is 0.256 e. The van der Waals surface area contributed by atoms with Crippen molar-refractivity contribution >= 4 is 23.2 Å². The Morgan fingerprint density at radius 1 is 0.964 bits per heavy atom. The summed E-state index contributed by atoms with van der Waals surface area (Å²) >= 11 is 0. The van der Waals surface area contributed by atoms with Crippen molar-refractivity contribution in [1.29, 1.82) is 0 Å². The zero-order chi connectivity index (χ0) is 20.1. The molecule has 2 N–H and O–H groups in total. The number of aryl methyl sites for hydroxylation is 2. The van der Waals surface area contributed by atoms with Crippen molar-refractivity contribution < 1.29 is 14.1 Å². The number of benzene rings is 2. The summed E-state index contributed by atoms with van der Waals surface area (Å²) in [5.41, 5.74) is 4.36. The summed E-state index contributed by atoms with van der Waals surface area (Å²) in [5, 5.41) is 9.67. The number of carbonyl (C=O) groups is 2. The van der Waals surface area contributed by atoms with Gasteiger partial charge in [-0.25, -0.2) is 0 Å². The summed E-state index contributed by atoms with van der Waals surface area (Å²) in [7, 11) is 0. The lowest BCUT2D eigenvalue weighted by molar-refractivity contribution is -0.116. The highest BCUT2D eigenvalue weighted by atomic mass is 16.5. The van der Waals surface area contributed by atoms with Gasteiger partial charge in [0, 0.05) is 28.9 Å². The predicted octanol–water partition coefficient (Wildman–Crippen LogP) is 4.42. The third-order valence-corrected chi connectivity index (χ3v) is 4.67. The first-order valence-electron chi connectivity index (χ1n) is 9.13. The first-order chi connectivity index (χ1) is 13.5. The van der Waals surface area contributed by atoms with E-state index in [0.29, 0.717) is 24.1 Å². The second-order valence-corrected chi connectivity index (χ2v) is 6.65. The van der Waals surface area contributed by atoms with E-state index in [1.165, 1.54) is 0 Å². The molecule has 0 aliphatic carbocycles. The Balaban J connectivity index is 1.67. The molecule has 6 nitrogen and oxygen atoms in total. The number of hydrogen-bond donors (Lipinski definition) is 2. The minimum atomic E-state index is -0.212. The maximum atomic E-state index is 12.6. The zero-order valence-corrected chi connectivity index (χ0v) is 16.2. The van der Waals surface area contributed by atoms with Crippen molar-refractivity contribution in [3.63, 3.8) is 0 Å². The van der Waals surface area contributed by atoms with Gasteiger partial charge in [-0.15, -0.1) is 0 Å². The van der Waals surface area contributed by atoms with E-state index >= 15 is 0 Å². The molecule has 0 saturated heterocycles. The lowest BCUT2D eigenvalue weighted by atomic mass is 10.0. The summed E-state index contributed by atoms with van der Waals surface area (Å²) in [6.07, 6.45) is 0.864. The Hall–Kier alpha value is -3.41. The van der Waals surface area contributed by atoms with Gasteiger partial charge in [-0.1, -0.05) is 29.4 Å². The number of rotatable bonds is 6. The van der Waals surface area contributed by atoms with Gasteiger partial charge in [-0.2, -0.15) is 0 Å². The van der Waals surface area contributed by atoms with E-state index < -0.39 is 0 Å². The Kier molecular flexibility index (Phi) is 5.89. The topological polar surface area (TPSA) is 84.2 Å². The Morgan fingerprint density at radius 3 is 2.39 bits per heavy atom. The number of amides is 2. The second-order valence-electron chi connectivity index (χ2n) is 6.65. The molecule has 0 fully saturated rings. The van der Waals surface area contributed by atoms with Gasteiger partial charge in [-0.3, -0.25) is 9.59 Å². The first-order valence-corrected chi connectivity index (χ1v) is 9.13. The maximum absolute atomic E-state index is 12.6. The van der Waals surface area contributed by atoms with E-state index in [9.17, 15) is 9.59 Å². The quantitative estimate of drug-likeness (QED) is 0.666. The molecule has 0 atom stereocenters. The molecule has 144 valence electrons. The van der Waals surface area contributed by atoms with Crippen molar-refractivity contribution in [3.05, 3.63) is 76.7 Å². The number of carbonyl (C=O) groups excluding carboxylic acids is 2. The number of para-hydroxylation sites is 1. The summed E-state index contributed by atoms with van der Waals surface area (Å²) in [4.78, 5) is 25.0. The second kappa shape index (κ2) is 8.52. The molecule has 0 spiro atoms. The number of nitrogens with zero attached hydrogens (tertiary/aromatic N) is 1. The fraction of sp³-hybridized carbons (Fsp3) is 0.227. The molecular formula is C22H23N3O3. The van der Waals surface area contributed by atoms with Crippen LogP contribution < -0.4 is 10.6 Å². The molecular weight excluding hydrogens is 354 g/mol. The van der Waals surface area contributed by atoms with Gasteiger partial charge in [0.1, 0.15) is 5.76 Å². The summed E-state index contributed by atoms with van der Waals surface area (Å²) in [6, 6.07) is 14.6. The molecule has 3 rings (SSSR count). The van der Waals surface area contributed by atoms with E-state index in [-0.39, 0.29) is 11.8 Å². The minimum Gasteiger partial charge on any atom is -0.361 e. The van der Waals surface area contributed by atoms with Crippen molar-refractivity contribution in [3.8, 4) is 0 Å². The van der Waals surface area contributed by atoms with Crippen LogP contribution in [0.3, 0.4) is 0 Å². The highest BCUT2D eigenvalue weighted by Gasteiger charge is 2.15. The summed E-state index contributed by atoms with van der Waals surface area (Å²) < 4.78 is 5.13. The molecule has 0 aliphatic rings. The van der Waals surface area contributed by atoms with Crippen molar-refractivity contribution in [2.75, 3.05) is 10.6 Å². The molecule has 2 amide bonds. The highest BCUT2D eigenvalue weighted by molar-refractivity contribution is 6.06. The minimum absolute atomic E-state index is 0.122. The number of anilines is 2. The predicted molar refractivity (Wildman–Crippen MR) is 109 cm³/mol. The lowest BCUT2D eigenvalue weighted by Gasteiger charge is -2.13. The molecule has 0 aliphatic heterocycles. The van der Waals surface area contributed by atoms with Crippen LogP contribution in [0.1, 0.15) is 39.4 Å². The summed E-state index contributed by atoms with van der Waals surface area (Å²) in [5.74, 6) is 0.403. The Labute approximate surface area is 163 Å². The van der Waals surface area contributed by atoms with Crippen molar-refractivity contribution in [1.82, 2.24) is 5.16 Å². The number of aromatic nitrogens is 1. The van der Waals surface area contributed by atoms with Crippen LogP contribution in [0.15, 0.2) is 53.1 Å². The third kappa shape index (κ3) is 4.46. The normalized spacial score (nSPS) is 10.5. The lowest BCUT2D eigenvalue weighted by Crippen LogP contribution is -2.17. The van der Waals surface area contributed by atoms with Crippen LogP contribution in [-0.4, -0.2) is 17.0 Å². The van der Waals surface area contributed by atoms with E-state index in [4.69, 9.17) is 4.52 Å². The van der Waals surface area contributed by atoms with Crippen molar-refractivity contribution in [2.45, 2.75) is 33.6 Å². The number of hydrogen-bond acceptors (Lipinski definition) is 4. The number of nitrogens with one attached hydrogen (secondary N) is 2. The van der Waals surface area contributed by atoms with E-state index in [2.05, 4.69) is 15.8 Å². The Bertz CT molecular complexity index is 974. The summed E-state index contributed by atoms with van der Waals surface area (Å²) in [6.45, 7) is 5.53. The first kappa shape index (κ1) is 19.4. The average molecular weight is 377 g/mol. The fourth-order valence-electron chi connectivity index (χ4n) is 3.05. The van der Waals surface area contributed by atoms with Crippen LogP contribution in [-0.2, 0) is 11.2 Å². The van der Waals surface area contributed by atoms with E-state index in [0.717, 1.165) is 28.3 Å². The monoisotopic (exact) mass is 377 g/mol. The van der Waals surface area contributed by atoms with Crippen molar-refractivity contribution in [2.24, 2.45) is 0 Å². The van der Waals surface area contributed by atoms with Gasteiger partial charge in [-0.05, 0) is 57.0 Å². The SMILES string of the molecule is Cc1noc(C)c1CCC(=O)Nc1cccc(C(=O)Nc2ccccc2)c1C. The average Bonchev–Trinajstić information content (AvgIpc) is 3.00. The highest BCUT2D eigenvalue weighted by Crippen LogP contribution is 2.21. The van der Waals surface area contributed by atoms with Crippen LogP contribution >= 0.6 is 0 Å². The van der Waals surface area contributed by atoms with Gasteiger partial charge in [0.05, 0.1) is 5.69 Å². The van der Waals surface area contributed by atoms with Crippen LogP contribution in [0.5, 0.6) is 0 Å². The largest absolute Gasteiger partial charge is 0.361 e. The molecule has 0 saturated carbocycles. The van der Waals surface area contributed by atoms with Gasteiger partial charge >= 0.3 is 0 Å². The molecule has 1 heterocycles. The zero-order valence-electron chi connectivity index (χ0n) is 16.2. The molecule has 0 radical (unpaired) electrons. The third-order valence-electron chi connectivity index (χ3n) is 4.67. The Morgan fingerprint density at radius 2 is 1.71 bits per heavy atom. The van der Waals surface area contributed by atoms with Crippen LogP contribution in [0.4, 0.5) is 11.4 Å². The molecule has 0 bridgehead atoms. The van der Waals surface area contributed by atoms with E-state index in [1.807, 2.05) is 51.1 Å². The molecule has 2 aromatic carbocycles. The van der Waals surface area contributed by atoms with Gasteiger partial charge in [0.25, 0.3) is 5.91 Å². The molecule has 0 unspecified atom stereocenters. The van der Waals surface area contributed by atoms with E-state index in [1.54, 1.807) is 18.2 Å². The van der Waals surface area contributed by atoms with Crippen LogP contribution in [0, 0.1) is 20.8 Å². The van der Waals surface area contributed by atoms with Crippen LogP contribution in [0.2, 0.25) is 0 Å².